The van der Waals surface area contributed by atoms with E-state index in [4.69, 9.17) is 9.68 Å². The highest BCUT2D eigenvalue weighted by Gasteiger charge is 2.13. The smallest absolute Gasteiger partial charge is 0.0743 e. The van der Waals surface area contributed by atoms with Crippen LogP contribution in [0.4, 0.5) is 0 Å². The number of nitrogens with one attached hydrogen (secondary N) is 2. The van der Waals surface area contributed by atoms with Crippen LogP contribution in [-0.2, 0) is 0 Å². The molecule has 0 saturated carbocycles. The van der Waals surface area contributed by atoms with Crippen LogP contribution in [0.3, 0.4) is 0 Å². The highest BCUT2D eigenvalue weighted by molar-refractivity contribution is 7.82. The lowest BCUT2D eigenvalue weighted by Crippen LogP contribution is -1.99. The lowest BCUT2D eigenvalue weighted by molar-refractivity contribution is 1.53. The number of nitrogens with zero attached hydrogens (tertiary/aromatic N) is 2. The number of rotatable bonds is 4. The molecule has 0 saturated heterocycles. The van der Waals surface area contributed by atoms with Crippen molar-refractivity contribution in [2.45, 2.75) is 0 Å². The standard InChI is InChI=1S/C8H26N4P4/c1-13(2)10-15(5,6)12-16(7,8)11-14(3,4)9/h9-10H,1-8H3. The highest BCUT2D eigenvalue weighted by Crippen LogP contribution is 2.61. The van der Waals surface area contributed by atoms with E-state index in [1.54, 1.807) is 0 Å². The minimum absolute atomic E-state index is 0.131. The van der Waals surface area contributed by atoms with Gasteiger partial charge in [-0.15, -0.1) is 0 Å². The minimum Gasteiger partial charge on any atom is -0.297 e. The molecule has 0 radical (unpaired) electrons. The summed E-state index contributed by atoms with van der Waals surface area (Å²) in [6, 6.07) is 0. The Hall–Kier alpha value is 1.08. The fourth-order valence-corrected chi connectivity index (χ4v) is 15.3. The second kappa shape index (κ2) is 5.81. The fraction of sp³-hybridized carbons (Fsp3) is 1.00. The van der Waals surface area contributed by atoms with Gasteiger partial charge in [-0.1, -0.05) is 0 Å². The highest BCUT2D eigenvalue weighted by atomic mass is 31.2. The summed E-state index contributed by atoms with van der Waals surface area (Å²) in [7, 11) is -5.01. The molecule has 0 atom stereocenters. The molecule has 2 N–H and O–H groups in total. The van der Waals surface area contributed by atoms with Crippen molar-refractivity contribution in [2.75, 3.05) is 53.3 Å². The van der Waals surface area contributed by atoms with Gasteiger partial charge in [-0.3, -0.25) is 10.0 Å². The second-order valence-corrected chi connectivity index (χ2v) is 17.6. The van der Waals surface area contributed by atoms with Crippen LogP contribution in [0.1, 0.15) is 0 Å². The molecule has 0 heterocycles. The lowest BCUT2D eigenvalue weighted by Gasteiger charge is -2.23. The zero-order valence-electron chi connectivity index (χ0n) is 11.7. The van der Waals surface area contributed by atoms with E-state index >= 15 is 0 Å². The second-order valence-electron chi connectivity index (χ2n) is 5.30. The van der Waals surface area contributed by atoms with Crippen molar-refractivity contribution in [3.63, 3.8) is 0 Å². The summed E-state index contributed by atoms with van der Waals surface area (Å²) in [6.07, 6.45) is 0. The molecule has 8 heteroatoms. The van der Waals surface area contributed by atoms with Crippen LogP contribution in [0.5, 0.6) is 0 Å². The van der Waals surface area contributed by atoms with Gasteiger partial charge in [0.1, 0.15) is 0 Å². The van der Waals surface area contributed by atoms with Gasteiger partial charge in [0.25, 0.3) is 0 Å². The van der Waals surface area contributed by atoms with Crippen molar-refractivity contribution in [2.24, 2.45) is 9.03 Å². The molecule has 0 aromatic heterocycles. The maximum atomic E-state index is 7.95. The third-order valence-electron chi connectivity index (χ3n) is 1.33. The van der Waals surface area contributed by atoms with Gasteiger partial charge in [0, 0.05) is 7.21 Å². The maximum Gasteiger partial charge on any atom is 0.0743 e. The van der Waals surface area contributed by atoms with E-state index in [9.17, 15) is 0 Å². The third kappa shape index (κ3) is 9.15. The molecule has 16 heavy (non-hydrogen) atoms. The Morgan fingerprint density at radius 3 is 1.69 bits per heavy atom. The van der Waals surface area contributed by atoms with Crippen LogP contribution in [0, 0.1) is 5.16 Å². The van der Waals surface area contributed by atoms with Gasteiger partial charge in [0.15, 0.2) is 0 Å². The monoisotopic (exact) mass is 302 g/mol. The Morgan fingerprint density at radius 1 is 0.938 bits per heavy atom. The maximum absolute atomic E-state index is 7.95. The summed E-state index contributed by atoms with van der Waals surface area (Å²) >= 11 is 0. The molecule has 4 nitrogen and oxygen atoms in total. The Balaban J connectivity index is 5.29. The molecule has 0 aromatic rings. The van der Waals surface area contributed by atoms with Crippen LogP contribution in [-0.4, -0.2) is 53.3 Å². The van der Waals surface area contributed by atoms with Crippen molar-refractivity contribution in [1.82, 2.24) is 4.86 Å². The van der Waals surface area contributed by atoms with Crippen LogP contribution >= 0.6 is 29.7 Å². The normalized spacial score (nSPS) is 14.1. The van der Waals surface area contributed by atoms with Gasteiger partial charge in [0.2, 0.25) is 0 Å². The Kier molecular flexibility index (Phi) is 6.21. The summed E-state index contributed by atoms with van der Waals surface area (Å²) in [6.45, 7) is 16.9. The van der Waals surface area contributed by atoms with Crippen molar-refractivity contribution in [3.8, 4) is 0 Å². The van der Waals surface area contributed by atoms with Crippen LogP contribution in [0.2, 0.25) is 0 Å². The Bertz CT molecular complexity index is 381. The number of hydrogen-bond acceptors (Lipinski definition) is 1. The molecule has 0 aliphatic heterocycles. The Morgan fingerprint density at radius 2 is 1.38 bits per heavy atom. The van der Waals surface area contributed by atoms with Gasteiger partial charge in [-0.25, -0.2) is 9.03 Å². The topological polar surface area (TPSA) is 60.6 Å². The first kappa shape index (κ1) is 17.1. The largest absolute Gasteiger partial charge is 0.297 e. The van der Waals surface area contributed by atoms with Crippen molar-refractivity contribution < 1.29 is 0 Å². The van der Waals surface area contributed by atoms with E-state index in [1.807, 2.05) is 13.3 Å². The first-order valence-corrected chi connectivity index (χ1v) is 15.1. The van der Waals surface area contributed by atoms with E-state index in [-0.39, 0.29) is 8.07 Å². The molecular weight excluding hydrogens is 276 g/mol. The first-order valence-electron chi connectivity index (χ1n) is 5.05. The van der Waals surface area contributed by atoms with E-state index < -0.39 is 21.6 Å². The molecule has 0 unspecified atom stereocenters. The molecule has 0 aliphatic rings. The quantitative estimate of drug-likeness (QED) is 0.710. The summed E-state index contributed by atoms with van der Waals surface area (Å²) in [4.78, 5) is 3.59. The average molecular weight is 302 g/mol. The zero-order chi connectivity index (χ0) is 13.2. The molecule has 0 rings (SSSR count). The van der Waals surface area contributed by atoms with E-state index in [1.165, 1.54) is 0 Å². The molecule has 0 aromatic carbocycles. The van der Waals surface area contributed by atoms with Gasteiger partial charge >= 0.3 is 0 Å². The zero-order valence-corrected chi connectivity index (χ0v) is 15.3. The van der Waals surface area contributed by atoms with E-state index in [0.717, 1.165) is 0 Å². The van der Waals surface area contributed by atoms with Gasteiger partial charge in [-0.05, 0) is 61.4 Å². The predicted molar refractivity (Wildman–Crippen MR) is 85.8 cm³/mol. The minimum atomic E-state index is -1.83. The summed E-state index contributed by atoms with van der Waals surface area (Å²) < 4.78 is 9.59. The summed E-state index contributed by atoms with van der Waals surface area (Å²) in [5.41, 5.74) is 0. The Labute approximate surface area is 102 Å². The first-order chi connectivity index (χ1) is 6.83. The van der Waals surface area contributed by atoms with E-state index in [0.29, 0.717) is 0 Å². The lowest BCUT2D eigenvalue weighted by atomic mass is 11.9. The third-order valence-corrected chi connectivity index (χ3v) is 12.0. The van der Waals surface area contributed by atoms with Crippen molar-refractivity contribution in [1.29, 1.82) is 5.16 Å². The SMILES string of the molecule is CP(C)NP(C)(C)=NP(C)(C)=NP(C)(C)=N. The number of hydrogen-bond donors (Lipinski definition) is 2. The van der Waals surface area contributed by atoms with Crippen LogP contribution in [0.25, 0.3) is 0 Å². The van der Waals surface area contributed by atoms with Gasteiger partial charge in [0.05, 0.1) is 14.4 Å². The van der Waals surface area contributed by atoms with Crippen LogP contribution < -0.4 is 4.86 Å². The van der Waals surface area contributed by atoms with Crippen molar-refractivity contribution >= 4 is 29.7 Å². The molecule has 0 spiro atoms. The van der Waals surface area contributed by atoms with Crippen molar-refractivity contribution in [3.05, 3.63) is 0 Å². The molecular formula is C8H26N4P4. The summed E-state index contributed by atoms with van der Waals surface area (Å²) in [5.74, 6) is 0. The van der Waals surface area contributed by atoms with E-state index in [2.05, 4.69) is 49.4 Å². The summed E-state index contributed by atoms with van der Waals surface area (Å²) in [5, 5.41) is 7.95. The predicted octanol–water partition coefficient (Wildman–Crippen LogP) is 4.94. The molecule has 0 amide bonds. The molecule has 0 aliphatic carbocycles. The van der Waals surface area contributed by atoms with Crippen LogP contribution in [0.15, 0.2) is 9.03 Å². The molecule has 98 valence electrons. The fourth-order valence-electron chi connectivity index (χ4n) is 1.62. The molecule has 0 fully saturated rings. The van der Waals surface area contributed by atoms with Gasteiger partial charge < -0.3 is 0 Å². The average Bonchev–Trinajstić information content (AvgIpc) is 1.69. The molecule has 0 bridgehead atoms. The van der Waals surface area contributed by atoms with Gasteiger partial charge in [-0.2, -0.15) is 0 Å².